The summed E-state index contributed by atoms with van der Waals surface area (Å²) in [7, 11) is 1.60. The van der Waals surface area contributed by atoms with E-state index in [0.29, 0.717) is 17.5 Å². The van der Waals surface area contributed by atoms with Crippen molar-refractivity contribution >= 4 is 23.3 Å². The predicted molar refractivity (Wildman–Crippen MR) is 137 cm³/mol. The standard InChI is InChI=1S/C29H27ClN2O3/c1-34-28-15-25(27(30)16-31-28)18-13-19-7-6-8-20(14-18)32(19)29(33)35-17-26-23-11-4-2-9-21(23)22-10-3-5-12-24(22)26/h2-5,9-13,15-16,19-20,26H,6-8,14,17H2,1H3. The van der Waals surface area contributed by atoms with E-state index in [1.807, 2.05) is 11.0 Å². The van der Waals surface area contributed by atoms with Crippen molar-refractivity contribution in [2.45, 2.75) is 43.7 Å². The lowest BCUT2D eigenvalue weighted by atomic mass is 9.83. The Hall–Kier alpha value is -3.31. The van der Waals surface area contributed by atoms with Crippen molar-refractivity contribution < 1.29 is 14.3 Å². The Morgan fingerprint density at radius 2 is 1.77 bits per heavy atom. The second-order valence-electron chi connectivity index (χ2n) is 9.47. The summed E-state index contributed by atoms with van der Waals surface area (Å²) < 4.78 is 11.3. The molecule has 1 aliphatic carbocycles. The van der Waals surface area contributed by atoms with Gasteiger partial charge in [-0.25, -0.2) is 9.78 Å². The molecule has 0 spiro atoms. The van der Waals surface area contributed by atoms with Crippen LogP contribution in [0.2, 0.25) is 5.02 Å². The molecule has 35 heavy (non-hydrogen) atoms. The van der Waals surface area contributed by atoms with Gasteiger partial charge in [0.15, 0.2) is 0 Å². The van der Waals surface area contributed by atoms with E-state index in [2.05, 4.69) is 59.6 Å². The largest absolute Gasteiger partial charge is 0.481 e. The van der Waals surface area contributed by atoms with Gasteiger partial charge in [0.05, 0.1) is 24.4 Å². The number of piperidine rings is 1. The van der Waals surface area contributed by atoms with Crippen LogP contribution in [-0.4, -0.2) is 41.8 Å². The minimum absolute atomic E-state index is 0.00313. The molecule has 178 valence electrons. The number of fused-ring (bicyclic) bond motifs is 5. The van der Waals surface area contributed by atoms with E-state index in [9.17, 15) is 4.79 Å². The summed E-state index contributed by atoms with van der Waals surface area (Å²) in [5.74, 6) is 0.597. The van der Waals surface area contributed by atoms with Gasteiger partial charge in [-0.2, -0.15) is 0 Å². The van der Waals surface area contributed by atoms with Gasteiger partial charge in [-0.05, 0) is 53.5 Å². The normalized spacial score (nSPS) is 20.6. The molecule has 3 aliphatic rings. The number of rotatable bonds is 4. The van der Waals surface area contributed by atoms with Crippen LogP contribution in [0, 0.1) is 0 Å². The maximum Gasteiger partial charge on any atom is 0.410 e. The van der Waals surface area contributed by atoms with Crippen LogP contribution in [0.5, 0.6) is 5.88 Å². The van der Waals surface area contributed by atoms with Crippen molar-refractivity contribution in [3.8, 4) is 17.0 Å². The van der Waals surface area contributed by atoms with Gasteiger partial charge in [-0.1, -0.05) is 66.2 Å². The Bertz CT molecular complexity index is 1280. The fourth-order valence-corrected chi connectivity index (χ4v) is 6.18. The number of carbonyl (C=O) groups is 1. The number of ether oxygens (including phenoxy) is 2. The first-order chi connectivity index (χ1) is 17.1. The third-order valence-electron chi connectivity index (χ3n) is 7.57. The van der Waals surface area contributed by atoms with Crippen molar-refractivity contribution in [3.63, 3.8) is 0 Å². The van der Waals surface area contributed by atoms with E-state index in [1.165, 1.54) is 22.3 Å². The molecule has 3 aromatic rings. The second kappa shape index (κ2) is 9.04. The number of hydrogen-bond acceptors (Lipinski definition) is 4. The number of carbonyl (C=O) groups excluding carboxylic acids is 1. The minimum Gasteiger partial charge on any atom is -0.481 e. The molecule has 2 unspecified atom stereocenters. The average molecular weight is 487 g/mol. The van der Waals surface area contributed by atoms with E-state index >= 15 is 0 Å². The number of aromatic nitrogens is 1. The van der Waals surface area contributed by atoms with Gasteiger partial charge in [0.25, 0.3) is 0 Å². The lowest BCUT2D eigenvalue weighted by Crippen LogP contribution is -2.51. The third kappa shape index (κ3) is 3.88. The molecule has 2 aromatic carbocycles. The molecule has 6 heteroatoms. The zero-order chi connectivity index (χ0) is 23.9. The SMILES string of the molecule is COc1cc(C2=CC3CCCC(C2)N3C(=O)OCC2c3ccccc3-c3ccccc32)c(Cl)cn1. The molecule has 2 aliphatic heterocycles. The van der Waals surface area contributed by atoms with E-state index in [-0.39, 0.29) is 24.1 Å². The molecular formula is C29H27ClN2O3. The van der Waals surface area contributed by atoms with Crippen LogP contribution < -0.4 is 4.74 Å². The smallest absolute Gasteiger partial charge is 0.410 e. The van der Waals surface area contributed by atoms with E-state index in [0.717, 1.165) is 36.8 Å². The van der Waals surface area contributed by atoms with Crippen LogP contribution >= 0.6 is 11.6 Å². The number of pyridine rings is 1. The van der Waals surface area contributed by atoms with Crippen molar-refractivity contribution in [2.75, 3.05) is 13.7 Å². The number of benzene rings is 2. The van der Waals surface area contributed by atoms with Crippen LogP contribution in [0.25, 0.3) is 16.7 Å². The van der Waals surface area contributed by atoms with Gasteiger partial charge in [0, 0.05) is 23.6 Å². The van der Waals surface area contributed by atoms with Crippen molar-refractivity contribution in [1.82, 2.24) is 9.88 Å². The first kappa shape index (κ1) is 22.2. The Kier molecular flexibility index (Phi) is 5.73. The van der Waals surface area contributed by atoms with Crippen LogP contribution in [0.3, 0.4) is 0 Å². The fourth-order valence-electron chi connectivity index (χ4n) is 5.96. The highest BCUT2D eigenvalue weighted by molar-refractivity contribution is 6.32. The maximum atomic E-state index is 13.4. The summed E-state index contributed by atoms with van der Waals surface area (Å²) in [5, 5.41) is 0.602. The summed E-state index contributed by atoms with van der Waals surface area (Å²) in [4.78, 5) is 19.6. The second-order valence-corrected chi connectivity index (χ2v) is 9.87. The molecule has 0 N–H and O–H groups in total. The van der Waals surface area contributed by atoms with Gasteiger partial charge < -0.3 is 9.47 Å². The zero-order valence-corrected chi connectivity index (χ0v) is 20.4. The predicted octanol–water partition coefficient (Wildman–Crippen LogP) is 6.70. The third-order valence-corrected chi connectivity index (χ3v) is 7.87. The minimum atomic E-state index is -0.227. The molecule has 2 bridgehead atoms. The fraction of sp³-hybridized carbons (Fsp3) is 0.310. The number of methoxy groups -OCH3 is 1. The summed E-state index contributed by atoms with van der Waals surface area (Å²) in [6.45, 7) is 0.340. The van der Waals surface area contributed by atoms with Crippen molar-refractivity contribution in [2.24, 2.45) is 0 Å². The average Bonchev–Trinajstić information content (AvgIpc) is 3.20. The topological polar surface area (TPSA) is 51.7 Å². The molecule has 1 aromatic heterocycles. The Labute approximate surface area is 210 Å². The molecule has 0 radical (unpaired) electrons. The Balaban J connectivity index is 1.23. The summed E-state index contributed by atoms with van der Waals surface area (Å²) >= 11 is 6.48. The van der Waals surface area contributed by atoms with Crippen molar-refractivity contribution in [1.29, 1.82) is 0 Å². The Morgan fingerprint density at radius 3 is 2.46 bits per heavy atom. The lowest BCUT2D eigenvalue weighted by Gasteiger charge is -2.44. The molecule has 1 saturated heterocycles. The molecule has 3 heterocycles. The quantitative estimate of drug-likeness (QED) is 0.411. The van der Waals surface area contributed by atoms with Crippen LogP contribution in [0.1, 0.15) is 48.3 Å². The molecule has 1 amide bonds. The molecular weight excluding hydrogens is 460 g/mol. The van der Waals surface area contributed by atoms with Crippen LogP contribution in [0.15, 0.2) is 66.9 Å². The number of nitrogens with zero attached hydrogens (tertiary/aromatic N) is 2. The van der Waals surface area contributed by atoms with E-state index < -0.39 is 0 Å². The van der Waals surface area contributed by atoms with E-state index in [1.54, 1.807) is 13.3 Å². The van der Waals surface area contributed by atoms with Crippen LogP contribution in [0.4, 0.5) is 4.79 Å². The summed E-state index contributed by atoms with van der Waals surface area (Å²) in [5.41, 5.74) is 7.00. The highest BCUT2D eigenvalue weighted by atomic mass is 35.5. The summed E-state index contributed by atoms with van der Waals surface area (Å²) in [6.07, 6.45) is 7.30. The van der Waals surface area contributed by atoms with Gasteiger partial charge >= 0.3 is 6.09 Å². The summed E-state index contributed by atoms with van der Waals surface area (Å²) in [6, 6.07) is 18.8. The maximum absolute atomic E-state index is 13.4. The monoisotopic (exact) mass is 486 g/mol. The van der Waals surface area contributed by atoms with Crippen molar-refractivity contribution in [3.05, 3.63) is 88.6 Å². The van der Waals surface area contributed by atoms with E-state index in [4.69, 9.17) is 21.1 Å². The highest BCUT2D eigenvalue weighted by Gasteiger charge is 2.39. The molecule has 5 nitrogen and oxygen atoms in total. The van der Waals surface area contributed by atoms with Gasteiger partial charge in [-0.3, -0.25) is 4.90 Å². The van der Waals surface area contributed by atoms with Gasteiger partial charge in [0.2, 0.25) is 5.88 Å². The molecule has 6 rings (SSSR count). The number of amides is 1. The zero-order valence-electron chi connectivity index (χ0n) is 19.6. The Morgan fingerprint density at radius 1 is 1.06 bits per heavy atom. The molecule has 1 fully saturated rings. The first-order valence-corrected chi connectivity index (χ1v) is 12.6. The molecule has 0 saturated carbocycles. The lowest BCUT2D eigenvalue weighted by molar-refractivity contribution is 0.0539. The first-order valence-electron chi connectivity index (χ1n) is 12.2. The van der Waals surface area contributed by atoms with Gasteiger partial charge in [-0.15, -0.1) is 0 Å². The number of halogens is 1. The van der Waals surface area contributed by atoms with Crippen LogP contribution in [-0.2, 0) is 4.74 Å². The number of hydrogen-bond donors (Lipinski definition) is 0. The highest BCUT2D eigenvalue weighted by Crippen LogP contribution is 2.45. The van der Waals surface area contributed by atoms with Gasteiger partial charge in [0.1, 0.15) is 6.61 Å². The molecule has 2 atom stereocenters.